The zero-order chi connectivity index (χ0) is 14.4. The average Bonchev–Trinajstić information content (AvgIpc) is 2.48. The quantitative estimate of drug-likeness (QED) is 0.856. The Morgan fingerprint density at radius 1 is 1.30 bits per heavy atom. The molecule has 0 saturated carbocycles. The van der Waals surface area contributed by atoms with Crippen LogP contribution in [0.2, 0.25) is 0 Å². The molecule has 1 aromatic carbocycles. The summed E-state index contributed by atoms with van der Waals surface area (Å²) < 4.78 is 0. The zero-order valence-electron chi connectivity index (χ0n) is 10.6. The van der Waals surface area contributed by atoms with Crippen molar-refractivity contribution in [3.63, 3.8) is 0 Å². The summed E-state index contributed by atoms with van der Waals surface area (Å²) >= 11 is 0. The van der Waals surface area contributed by atoms with Crippen molar-refractivity contribution in [2.75, 3.05) is 11.9 Å². The van der Waals surface area contributed by atoms with Crippen LogP contribution in [-0.4, -0.2) is 27.6 Å². The van der Waals surface area contributed by atoms with E-state index in [0.29, 0.717) is 24.3 Å². The number of hydrogen-bond donors (Lipinski definition) is 2. The Bertz CT molecular complexity index is 647. The molecule has 100 valence electrons. The van der Waals surface area contributed by atoms with E-state index in [-0.39, 0.29) is 5.69 Å². The van der Waals surface area contributed by atoms with Crippen LogP contribution in [0, 0.1) is 11.3 Å². The number of benzene rings is 1. The van der Waals surface area contributed by atoms with Crippen LogP contribution in [0.15, 0.2) is 36.7 Å². The Morgan fingerprint density at radius 2 is 2.10 bits per heavy atom. The summed E-state index contributed by atoms with van der Waals surface area (Å²) in [4.78, 5) is 19.0. The fraction of sp³-hybridized carbons (Fsp3) is 0.143. The summed E-state index contributed by atoms with van der Waals surface area (Å²) in [6.07, 6.45) is 3.42. The Labute approximate surface area is 115 Å². The number of nitriles is 1. The van der Waals surface area contributed by atoms with Gasteiger partial charge in [-0.15, -0.1) is 0 Å². The summed E-state index contributed by atoms with van der Waals surface area (Å²) in [6, 6.07) is 8.77. The van der Waals surface area contributed by atoms with Gasteiger partial charge in [-0.25, -0.2) is 14.8 Å². The summed E-state index contributed by atoms with van der Waals surface area (Å²) in [6.45, 7) is 0.533. The third kappa shape index (κ3) is 3.29. The number of nitrogens with zero attached hydrogens (tertiary/aromatic N) is 3. The predicted octanol–water partition coefficient (Wildman–Crippen LogP) is 1.70. The van der Waals surface area contributed by atoms with Crippen molar-refractivity contribution in [1.29, 1.82) is 5.26 Å². The molecule has 0 saturated heterocycles. The van der Waals surface area contributed by atoms with Gasteiger partial charge in [-0.05, 0) is 18.1 Å². The van der Waals surface area contributed by atoms with Crippen LogP contribution in [0.4, 0.5) is 5.82 Å². The first-order chi connectivity index (χ1) is 9.70. The highest BCUT2D eigenvalue weighted by Gasteiger charge is 2.08. The molecule has 0 unspecified atom stereocenters. The van der Waals surface area contributed by atoms with E-state index in [1.165, 1.54) is 12.4 Å². The third-order valence-corrected chi connectivity index (χ3v) is 2.71. The standard InChI is InChI=1S/C14H12N4O2/c15-7-11-8-18-13(9-17-11)16-6-5-10-3-1-2-4-12(10)14(19)20/h1-4,8-9H,5-6H2,(H,16,18)(H,19,20). The molecule has 1 heterocycles. The minimum Gasteiger partial charge on any atom is -0.478 e. The lowest BCUT2D eigenvalue weighted by molar-refractivity contribution is 0.0695. The number of carboxylic acid groups (broad SMARTS) is 1. The van der Waals surface area contributed by atoms with Crippen LogP contribution in [0.3, 0.4) is 0 Å². The number of hydrogen-bond acceptors (Lipinski definition) is 5. The van der Waals surface area contributed by atoms with Crippen LogP contribution in [-0.2, 0) is 6.42 Å². The van der Waals surface area contributed by atoms with Gasteiger partial charge in [0.05, 0.1) is 18.0 Å². The molecule has 1 aromatic heterocycles. The van der Waals surface area contributed by atoms with Crippen molar-refractivity contribution >= 4 is 11.8 Å². The van der Waals surface area contributed by atoms with Gasteiger partial charge in [-0.2, -0.15) is 5.26 Å². The van der Waals surface area contributed by atoms with E-state index >= 15 is 0 Å². The summed E-state index contributed by atoms with van der Waals surface area (Å²) in [5, 5.41) is 20.7. The Hall–Kier alpha value is -2.94. The second kappa shape index (κ2) is 6.29. The van der Waals surface area contributed by atoms with Crippen LogP contribution < -0.4 is 5.32 Å². The number of nitrogens with one attached hydrogen (secondary N) is 1. The smallest absolute Gasteiger partial charge is 0.335 e. The first-order valence-electron chi connectivity index (χ1n) is 5.98. The molecule has 0 amide bonds. The highest BCUT2D eigenvalue weighted by Crippen LogP contribution is 2.10. The van der Waals surface area contributed by atoms with Crippen LogP contribution in [0.1, 0.15) is 21.6 Å². The lowest BCUT2D eigenvalue weighted by Crippen LogP contribution is -2.10. The molecule has 0 radical (unpaired) electrons. The normalized spacial score (nSPS) is 9.75. The van der Waals surface area contributed by atoms with Crippen LogP contribution in [0.25, 0.3) is 0 Å². The zero-order valence-corrected chi connectivity index (χ0v) is 10.6. The molecule has 0 aliphatic carbocycles. The molecule has 6 heteroatoms. The van der Waals surface area contributed by atoms with Crippen molar-refractivity contribution in [2.45, 2.75) is 6.42 Å². The molecule has 0 fully saturated rings. The van der Waals surface area contributed by atoms with Gasteiger partial charge in [0.15, 0.2) is 5.69 Å². The van der Waals surface area contributed by atoms with Crippen LogP contribution in [0.5, 0.6) is 0 Å². The van der Waals surface area contributed by atoms with E-state index in [1.807, 2.05) is 12.1 Å². The van der Waals surface area contributed by atoms with Gasteiger partial charge in [-0.3, -0.25) is 0 Å². The monoisotopic (exact) mass is 268 g/mol. The summed E-state index contributed by atoms with van der Waals surface area (Å²) in [7, 11) is 0. The van der Waals surface area contributed by atoms with Crippen molar-refractivity contribution in [3.05, 3.63) is 53.5 Å². The molecule has 0 aliphatic rings. The van der Waals surface area contributed by atoms with E-state index in [4.69, 9.17) is 10.4 Å². The number of rotatable bonds is 5. The second-order valence-corrected chi connectivity index (χ2v) is 4.04. The van der Waals surface area contributed by atoms with Gasteiger partial charge in [0.1, 0.15) is 11.9 Å². The number of aromatic nitrogens is 2. The first kappa shape index (κ1) is 13.5. The Kier molecular flexibility index (Phi) is 4.24. The lowest BCUT2D eigenvalue weighted by Gasteiger charge is -2.07. The highest BCUT2D eigenvalue weighted by atomic mass is 16.4. The van der Waals surface area contributed by atoms with E-state index in [2.05, 4.69) is 15.3 Å². The molecule has 2 aromatic rings. The fourth-order valence-electron chi connectivity index (χ4n) is 1.75. The van der Waals surface area contributed by atoms with Gasteiger partial charge in [-0.1, -0.05) is 18.2 Å². The minimum atomic E-state index is -0.932. The number of anilines is 1. The van der Waals surface area contributed by atoms with Crippen molar-refractivity contribution in [3.8, 4) is 6.07 Å². The lowest BCUT2D eigenvalue weighted by atomic mass is 10.0. The van der Waals surface area contributed by atoms with E-state index in [1.54, 1.807) is 18.2 Å². The van der Waals surface area contributed by atoms with Crippen molar-refractivity contribution < 1.29 is 9.90 Å². The maximum Gasteiger partial charge on any atom is 0.335 e. The molecular weight excluding hydrogens is 256 g/mol. The van der Waals surface area contributed by atoms with Crippen molar-refractivity contribution in [1.82, 2.24) is 9.97 Å². The second-order valence-electron chi connectivity index (χ2n) is 4.04. The van der Waals surface area contributed by atoms with E-state index < -0.39 is 5.97 Å². The number of aromatic carboxylic acids is 1. The van der Waals surface area contributed by atoms with Crippen LogP contribution >= 0.6 is 0 Å². The molecule has 0 spiro atoms. The highest BCUT2D eigenvalue weighted by molar-refractivity contribution is 5.89. The summed E-state index contributed by atoms with van der Waals surface area (Å²) in [5.41, 5.74) is 1.32. The molecule has 0 atom stereocenters. The topological polar surface area (TPSA) is 98.9 Å². The largest absolute Gasteiger partial charge is 0.478 e. The molecular formula is C14H12N4O2. The van der Waals surface area contributed by atoms with E-state index in [9.17, 15) is 4.79 Å². The Morgan fingerprint density at radius 3 is 2.75 bits per heavy atom. The molecule has 0 aliphatic heterocycles. The maximum absolute atomic E-state index is 11.1. The SMILES string of the molecule is N#Cc1cnc(NCCc2ccccc2C(=O)O)cn1. The maximum atomic E-state index is 11.1. The molecule has 2 N–H and O–H groups in total. The number of carboxylic acids is 1. The number of carbonyl (C=O) groups is 1. The van der Waals surface area contributed by atoms with Crippen molar-refractivity contribution in [2.24, 2.45) is 0 Å². The first-order valence-corrected chi connectivity index (χ1v) is 5.98. The Balaban J connectivity index is 1.96. The van der Waals surface area contributed by atoms with Gasteiger partial charge in [0, 0.05) is 6.54 Å². The fourth-order valence-corrected chi connectivity index (χ4v) is 1.75. The van der Waals surface area contributed by atoms with Gasteiger partial charge >= 0.3 is 5.97 Å². The van der Waals surface area contributed by atoms with E-state index in [0.717, 1.165) is 5.56 Å². The minimum absolute atomic E-state index is 0.256. The van der Waals surface area contributed by atoms with Gasteiger partial charge in [0.2, 0.25) is 0 Å². The third-order valence-electron chi connectivity index (χ3n) is 2.71. The molecule has 2 rings (SSSR count). The van der Waals surface area contributed by atoms with Gasteiger partial charge < -0.3 is 10.4 Å². The van der Waals surface area contributed by atoms with Gasteiger partial charge in [0.25, 0.3) is 0 Å². The predicted molar refractivity (Wildman–Crippen MR) is 72.3 cm³/mol. The molecule has 0 bridgehead atoms. The molecule has 20 heavy (non-hydrogen) atoms. The summed E-state index contributed by atoms with van der Waals surface area (Å²) in [5.74, 6) is -0.379. The molecule has 6 nitrogen and oxygen atoms in total. The average molecular weight is 268 g/mol.